The largest absolute Gasteiger partial charge is 0.493 e. The van der Waals surface area contributed by atoms with Crippen LogP contribution in [0.2, 0.25) is 0 Å². The molecule has 1 aliphatic heterocycles. The van der Waals surface area contributed by atoms with Crippen LogP contribution in [0.25, 0.3) is 11.0 Å². The van der Waals surface area contributed by atoms with E-state index in [2.05, 4.69) is 15.4 Å². The number of aryl methyl sites for hydroxylation is 3. The molecule has 11 nitrogen and oxygen atoms in total. The molecule has 192 valence electrons. The number of aromatic hydroxyl groups is 1. The van der Waals surface area contributed by atoms with Crippen LogP contribution in [0.1, 0.15) is 30.3 Å². The standard InChI is InChI=1S/C26H29N7O4/c1-17-4-5-19-20(33(17)26(36)37-2)6-7-21-25(19)30-22(9-13-31-12-3-10-29-31)32(21)16-24(35)28-15-18-8-11-27-23(34)14-18/h3,6-8,10-12,14,17H,4-5,9,13,15-16H2,1-2H3,(H,27,34)(H,28,35)/t17-/m0/s1. The number of hydrogen-bond donors (Lipinski definition) is 2. The van der Waals surface area contributed by atoms with Gasteiger partial charge in [-0.05, 0) is 49.6 Å². The van der Waals surface area contributed by atoms with E-state index in [1.807, 2.05) is 40.6 Å². The van der Waals surface area contributed by atoms with Crippen molar-refractivity contribution in [3.8, 4) is 5.88 Å². The number of nitrogens with zero attached hydrogens (tertiary/aromatic N) is 6. The Balaban J connectivity index is 1.47. The van der Waals surface area contributed by atoms with E-state index in [9.17, 15) is 14.7 Å². The smallest absolute Gasteiger partial charge is 0.414 e. The summed E-state index contributed by atoms with van der Waals surface area (Å²) in [6, 6.07) is 8.97. The van der Waals surface area contributed by atoms with Crippen LogP contribution in [0.15, 0.2) is 48.9 Å². The van der Waals surface area contributed by atoms with Crippen molar-refractivity contribution in [3.63, 3.8) is 0 Å². The molecule has 0 saturated carbocycles. The molecular weight excluding hydrogens is 474 g/mol. The van der Waals surface area contributed by atoms with Crippen LogP contribution in [0.3, 0.4) is 0 Å². The molecule has 4 aromatic rings. The monoisotopic (exact) mass is 503 g/mol. The van der Waals surface area contributed by atoms with Crippen molar-refractivity contribution in [1.29, 1.82) is 0 Å². The number of nitrogens with one attached hydrogen (secondary N) is 1. The number of aromatic nitrogens is 5. The van der Waals surface area contributed by atoms with E-state index in [0.717, 1.165) is 46.5 Å². The number of imidazole rings is 1. The molecule has 1 atom stereocenters. The summed E-state index contributed by atoms with van der Waals surface area (Å²) in [6.45, 7) is 2.97. The fraction of sp³-hybridized carbons (Fsp3) is 0.346. The lowest BCUT2D eigenvalue weighted by molar-refractivity contribution is -0.121. The fourth-order valence-electron chi connectivity index (χ4n) is 4.84. The van der Waals surface area contributed by atoms with Crippen LogP contribution in [0, 0.1) is 0 Å². The van der Waals surface area contributed by atoms with Gasteiger partial charge in [0, 0.05) is 55.8 Å². The number of pyridine rings is 1. The maximum atomic E-state index is 13.0. The number of anilines is 1. The van der Waals surface area contributed by atoms with Crippen LogP contribution in [0.5, 0.6) is 5.88 Å². The SMILES string of the molecule is COC(=O)N1c2ccc3c(nc(CCn4cccn4)n3CC(=O)NCc3ccnc(O)c3)c2CC[C@@H]1C. The van der Waals surface area contributed by atoms with E-state index in [1.54, 1.807) is 17.2 Å². The second kappa shape index (κ2) is 10.3. The number of amides is 2. The minimum Gasteiger partial charge on any atom is -0.493 e. The molecule has 2 amide bonds. The minimum absolute atomic E-state index is 0.0113. The van der Waals surface area contributed by atoms with E-state index in [1.165, 1.54) is 19.4 Å². The summed E-state index contributed by atoms with van der Waals surface area (Å²) >= 11 is 0. The number of rotatable bonds is 7. The summed E-state index contributed by atoms with van der Waals surface area (Å²) in [5, 5.41) is 16.8. The lowest BCUT2D eigenvalue weighted by Gasteiger charge is -2.34. The molecular formula is C26H29N7O4. The lowest BCUT2D eigenvalue weighted by Crippen LogP contribution is -2.42. The number of carbonyl (C=O) groups is 2. The Morgan fingerprint density at radius 2 is 2.11 bits per heavy atom. The van der Waals surface area contributed by atoms with Crippen molar-refractivity contribution in [3.05, 3.63) is 65.9 Å². The zero-order chi connectivity index (χ0) is 25.9. The molecule has 0 spiro atoms. The third kappa shape index (κ3) is 4.97. The van der Waals surface area contributed by atoms with Gasteiger partial charge >= 0.3 is 6.09 Å². The van der Waals surface area contributed by atoms with E-state index >= 15 is 0 Å². The molecule has 1 aromatic carbocycles. The summed E-state index contributed by atoms with van der Waals surface area (Å²) in [4.78, 5) is 35.9. The van der Waals surface area contributed by atoms with Crippen molar-refractivity contribution in [2.75, 3.05) is 12.0 Å². The average Bonchev–Trinajstić information content (AvgIpc) is 3.54. The summed E-state index contributed by atoms with van der Waals surface area (Å²) in [5.41, 5.74) is 4.16. The van der Waals surface area contributed by atoms with Gasteiger partial charge in [0.05, 0.1) is 23.8 Å². The number of hydrogen-bond acceptors (Lipinski definition) is 7. The second-order valence-corrected chi connectivity index (χ2v) is 9.09. The van der Waals surface area contributed by atoms with Gasteiger partial charge in [-0.15, -0.1) is 0 Å². The van der Waals surface area contributed by atoms with E-state index in [4.69, 9.17) is 9.72 Å². The van der Waals surface area contributed by atoms with Gasteiger partial charge < -0.3 is 19.7 Å². The van der Waals surface area contributed by atoms with Gasteiger partial charge in [0.15, 0.2) is 0 Å². The first-order valence-corrected chi connectivity index (χ1v) is 12.2. The number of fused-ring (bicyclic) bond motifs is 3. The number of methoxy groups -OCH3 is 1. The molecule has 11 heteroatoms. The van der Waals surface area contributed by atoms with Gasteiger partial charge in [-0.3, -0.25) is 14.4 Å². The molecule has 2 N–H and O–H groups in total. The van der Waals surface area contributed by atoms with Gasteiger partial charge in [0.25, 0.3) is 0 Å². The topological polar surface area (TPSA) is 127 Å². The Hall–Kier alpha value is -4.41. The number of ether oxygens (including phenoxy) is 1. The highest BCUT2D eigenvalue weighted by atomic mass is 16.5. The third-order valence-electron chi connectivity index (χ3n) is 6.69. The van der Waals surface area contributed by atoms with Gasteiger partial charge in [-0.25, -0.2) is 14.8 Å². The first-order valence-electron chi connectivity index (χ1n) is 12.2. The van der Waals surface area contributed by atoms with Crippen LogP contribution < -0.4 is 10.2 Å². The van der Waals surface area contributed by atoms with Crippen molar-refractivity contribution in [1.82, 2.24) is 29.6 Å². The van der Waals surface area contributed by atoms with Gasteiger partial charge in [0.2, 0.25) is 11.8 Å². The number of benzene rings is 1. The molecule has 5 rings (SSSR count). The fourth-order valence-corrected chi connectivity index (χ4v) is 4.84. The van der Waals surface area contributed by atoms with Crippen LogP contribution >= 0.6 is 0 Å². The Morgan fingerprint density at radius 1 is 1.24 bits per heavy atom. The molecule has 0 bridgehead atoms. The predicted molar refractivity (Wildman–Crippen MR) is 136 cm³/mol. The summed E-state index contributed by atoms with van der Waals surface area (Å²) < 4.78 is 8.80. The van der Waals surface area contributed by atoms with E-state index in [-0.39, 0.29) is 30.9 Å². The molecule has 0 unspecified atom stereocenters. The summed E-state index contributed by atoms with van der Waals surface area (Å²) in [7, 11) is 1.38. The van der Waals surface area contributed by atoms with Crippen LogP contribution in [-0.4, -0.2) is 54.6 Å². The lowest BCUT2D eigenvalue weighted by atomic mass is 9.96. The van der Waals surface area contributed by atoms with Gasteiger partial charge in [0.1, 0.15) is 12.4 Å². The highest BCUT2D eigenvalue weighted by Crippen LogP contribution is 2.36. The number of carbonyl (C=O) groups excluding carboxylic acids is 2. The predicted octanol–water partition coefficient (Wildman–Crippen LogP) is 2.80. The van der Waals surface area contributed by atoms with E-state index < -0.39 is 6.09 Å². The molecule has 0 fully saturated rings. The van der Waals surface area contributed by atoms with Crippen LogP contribution in [0.4, 0.5) is 10.5 Å². The molecule has 3 aromatic heterocycles. The molecule has 37 heavy (non-hydrogen) atoms. The average molecular weight is 504 g/mol. The minimum atomic E-state index is -0.396. The normalized spacial score (nSPS) is 15.0. The zero-order valence-corrected chi connectivity index (χ0v) is 20.8. The first kappa shape index (κ1) is 24.3. The van der Waals surface area contributed by atoms with Gasteiger partial charge in [-0.2, -0.15) is 5.10 Å². The Labute approximate surface area is 213 Å². The quantitative estimate of drug-likeness (QED) is 0.397. The highest BCUT2D eigenvalue weighted by Gasteiger charge is 2.31. The summed E-state index contributed by atoms with van der Waals surface area (Å²) in [5.74, 6) is 0.491. The highest BCUT2D eigenvalue weighted by molar-refractivity contribution is 5.95. The maximum absolute atomic E-state index is 13.0. The van der Waals surface area contributed by atoms with E-state index in [0.29, 0.717) is 13.0 Å². The Kier molecular flexibility index (Phi) is 6.76. The molecule has 0 aliphatic carbocycles. The maximum Gasteiger partial charge on any atom is 0.414 e. The third-order valence-corrected chi connectivity index (χ3v) is 6.69. The zero-order valence-electron chi connectivity index (χ0n) is 20.8. The molecule has 4 heterocycles. The van der Waals surface area contributed by atoms with Crippen molar-refractivity contribution < 1.29 is 19.4 Å². The van der Waals surface area contributed by atoms with Crippen LogP contribution in [-0.2, 0) is 42.0 Å². The Bertz CT molecular complexity index is 1430. The molecule has 0 saturated heterocycles. The summed E-state index contributed by atoms with van der Waals surface area (Å²) in [6.07, 6.45) is 6.86. The van der Waals surface area contributed by atoms with Crippen molar-refractivity contribution in [2.45, 2.75) is 51.9 Å². The van der Waals surface area contributed by atoms with Gasteiger partial charge in [-0.1, -0.05) is 0 Å². The second-order valence-electron chi connectivity index (χ2n) is 9.09. The Morgan fingerprint density at radius 3 is 2.86 bits per heavy atom. The molecule has 1 aliphatic rings. The molecule has 0 radical (unpaired) electrons. The first-order chi connectivity index (χ1) is 17.9. The van der Waals surface area contributed by atoms with Crippen molar-refractivity contribution in [2.24, 2.45) is 0 Å². The van der Waals surface area contributed by atoms with Crippen molar-refractivity contribution >= 4 is 28.7 Å².